The summed E-state index contributed by atoms with van der Waals surface area (Å²) >= 11 is 1.72. The van der Waals surface area contributed by atoms with E-state index in [0.29, 0.717) is 12.0 Å². The lowest BCUT2D eigenvalue weighted by atomic mass is 10.0. The largest absolute Gasteiger partial charge is 0.327 e. The van der Waals surface area contributed by atoms with Gasteiger partial charge in [0.2, 0.25) is 0 Å². The van der Waals surface area contributed by atoms with Gasteiger partial charge >= 0.3 is 0 Å². The first-order chi connectivity index (χ1) is 7.59. The molecule has 0 aliphatic rings. The van der Waals surface area contributed by atoms with Gasteiger partial charge in [-0.1, -0.05) is 13.8 Å². The number of aryl methyl sites for hydroxylation is 1. The molecule has 4 heteroatoms. The Hall–Kier alpha value is -0.450. The summed E-state index contributed by atoms with van der Waals surface area (Å²) in [6.45, 7) is 8.38. The molecular weight excluding hydrogens is 218 g/mol. The van der Waals surface area contributed by atoms with Gasteiger partial charge in [-0.15, -0.1) is 11.3 Å². The van der Waals surface area contributed by atoms with Crippen molar-refractivity contribution < 1.29 is 0 Å². The van der Waals surface area contributed by atoms with Crippen molar-refractivity contribution in [3.05, 3.63) is 16.1 Å². The lowest BCUT2D eigenvalue weighted by Crippen LogP contribution is -2.31. The summed E-state index contributed by atoms with van der Waals surface area (Å²) in [5.74, 6) is 0.572. The van der Waals surface area contributed by atoms with Crippen LogP contribution in [0, 0.1) is 12.8 Å². The van der Waals surface area contributed by atoms with Gasteiger partial charge in [-0.25, -0.2) is 4.98 Å². The summed E-state index contributed by atoms with van der Waals surface area (Å²) in [4.78, 5) is 4.43. The second-order valence-electron chi connectivity index (χ2n) is 4.55. The fourth-order valence-corrected chi connectivity index (χ4v) is 2.11. The van der Waals surface area contributed by atoms with Crippen molar-refractivity contribution >= 4 is 11.3 Å². The van der Waals surface area contributed by atoms with Crippen molar-refractivity contribution in [1.29, 1.82) is 0 Å². The summed E-state index contributed by atoms with van der Waals surface area (Å²) in [7, 11) is 0. The molecule has 1 aromatic heterocycles. The molecule has 0 spiro atoms. The molecule has 1 aromatic rings. The molecule has 3 N–H and O–H groups in total. The third kappa shape index (κ3) is 5.05. The summed E-state index contributed by atoms with van der Waals surface area (Å²) in [5.41, 5.74) is 7.16. The minimum Gasteiger partial charge on any atom is -0.327 e. The van der Waals surface area contributed by atoms with Crippen molar-refractivity contribution in [2.24, 2.45) is 11.7 Å². The molecule has 1 unspecified atom stereocenters. The predicted octanol–water partition coefficient (Wildman–Crippen LogP) is 1.96. The zero-order chi connectivity index (χ0) is 12.0. The standard InChI is InChI=1S/C12H23N3S/c1-9(2)12(13)5-7-14-6-4-11-8-16-10(3)15-11/h8-9,12,14H,4-7,13H2,1-3H3. The zero-order valence-electron chi connectivity index (χ0n) is 10.5. The molecule has 1 heterocycles. The van der Waals surface area contributed by atoms with Crippen molar-refractivity contribution in [3.63, 3.8) is 0 Å². The molecule has 92 valence electrons. The Labute approximate surface area is 102 Å². The van der Waals surface area contributed by atoms with E-state index in [-0.39, 0.29) is 0 Å². The van der Waals surface area contributed by atoms with Crippen molar-refractivity contribution in [2.75, 3.05) is 13.1 Å². The molecule has 0 fully saturated rings. The van der Waals surface area contributed by atoms with Crippen LogP contribution in [-0.4, -0.2) is 24.1 Å². The lowest BCUT2D eigenvalue weighted by molar-refractivity contribution is 0.450. The van der Waals surface area contributed by atoms with E-state index in [1.54, 1.807) is 11.3 Å². The van der Waals surface area contributed by atoms with Gasteiger partial charge in [0.1, 0.15) is 0 Å². The minimum absolute atomic E-state index is 0.314. The van der Waals surface area contributed by atoms with Crippen LogP contribution in [0.3, 0.4) is 0 Å². The van der Waals surface area contributed by atoms with Crippen LogP contribution in [-0.2, 0) is 6.42 Å². The number of nitrogens with one attached hydrogen (secondary N) is 1. The third-order valence-electron chi connectivity index (χ3n) is 2.74. The maximum Gasteiger partial charge on any atom is 0.0897 e. The van der Waals surface area contributed by atoms with Gasteiger partial charge in [0.25, 0.3) is 0 Å². The van der Waals surface area contributed by atoms with Gasteiger partial charge in [-0.3, -0.25) is 0 Å². The van der Waals surface area contributed by atoms with Gasteiger partial charge in [-0.05, 0) is 25.8 Å². The molecule has 0 aliphatic carbocycles. The Morgan fingerprint density at radius 1 is 1.44 bits per heavy atom. The number of aromatic nitrogens is 1. The number of rotatable bonds is 7. The summed E-state index contributed by atoms with van der Waals surface area (Å²) < 4.78 is 0. The van der Waals surface area contributed by atoms with E-state index in [9.17, 15) is 0 Å². The van der Waals surface area contributed by atoms with Gasteiger partial charge in [-0.2, -0.15) is 0 Å². The molecule has 0 bridgehead atoms. The number of nitrogens with two attached hydrogens (primary N) is 1. The Kier molecular flexibility index (Phi) is 5.95. The monoisotopic (exact) mass is 241 g/mol. The third-order valence-corrected chi connectivity index (χ3v) is 3.56. The topological polar surface area (TPSA) is 50.9 Å². The van der Waals surface area contributed by atoms with Crippen molar-refractivity contribution in [1.82, 2.24) is 10.3 Å². The number of nitrogens with zero attached hydrogens (tertiary/aromatic N) is 1. The maximum atomic E-state index is 5.96. The number of thiazole rings is 1. The molecule has 3 nitrogen and oxygen atoms in total. The second-order valence-corrected chi connectivity index (χ2v) is 5.62. The fraction of sp³-hybridized carbons (Fsp3) is 0.750. The first kappa shape index (κ1) is 13.6. The van der Waals surface area contributed by atoms with Crippen LogP contribution in [0.4, 0.5) is 0 Å². The van der Waals surface area contributed by atoms with Crippen LogP contribution in [0.1, 0.15) is 31.0 Å². The Morgan fingerprint density at radius 2 is 2.19 bits per heavy atom. The van der Waals surface area contributed by atoms with Crippen LogP contribution >= 0.6 is 11.3 Å². The van der Waals surface area contributed by atoms with E-state index in [1.165, 1.54) is 5.69 Å². The van der Waals surface area contributed by atoms with E-state index in [1.807, 2.05) is 6.92 Å². The molecule has 0 saturated heterocycles. The maximum absolute atomic E-state index is 5.96. The highest BCUT2D eigenvalue weighted by molar-refractivity contribution is 7.09. The summed E-state index contributed by atoms with van der Waals surface area (Å²) in [6, 6.07) is 0.314. The predicted molar refractivity (Wildman–Crippen MR) is 70.9 cm³/mol. The molecule has 0 aromatic carbocycles. The van der Waals surface area contributed by atoms with Crippen LogP contribution in [0.25, 0.3) is 0 Å². The molecule has 0 amide bonds. The first-order valence-corrected chi connectivity index (χ1v) is 6.85. The highest BCUT2D eigenvalue weighted by Gasteiger charge is 2.06. The lowest BCUT2D eigenvalue weighted by Gasteiger charge is -2.15. The van der Waals surface area contributed by atoms with Gasteiger partial charge in [0, 0.05) is 24.4 Å². The summed E-state index contributed by atoms with van der Waals surface area (Å²) in [6.07, 6.45) is 2.06. The van der Waals surface area contributed by atoms with Gasteiger partial charge in [0.15, 0.2) is 0 Å². The van der Waals surface area contributed by atoms with Gasteiger partial charge < -0.3 is 11.1 Å². The van der Waals surface area contributed by atoms with Crippen LogP contribution in [0.5, 0.6) is 0 Å². The van der Waals surface area contributed by atoms with E-state index >= 15 is 0 Å². The zero-order valence-corrected chi connectivity index (χ0v) is 11.3. The average molecular weight is 241 g/mol. The average Bonchev–Trinajstić information content (AvgIpc) is 2.63. The fourth-order valence-electron chi connectivity index (χ4n) is 1.47. The normalized spacial score (nSPS) is 13.3. The molecule has 0 saturated carbocycles. The van der Waals surface area contributed by atoms with Gasteiger partial charge in [0.05, 0.1) is 10.7 Å². The number of hydrogen-bond donors (Lipinski definition) is 2. The molecular formula is C12H23N3S. The van der Waals surface area contributed by atoms with Crippen LogP contribution < -0.4 is 11.1 Å². The quantitative estimate of drug-likeness (QED) is 0.718. The van der Waals surface area contributed by atoms with E-state index < -0.39 is 0 Å². The SMILES string of the molecule is Cc1nc(CCNCCC(N)C(C)C)cs1. The van der Waals surface area contributed by atoms with E-state index in [2.05, 4.69) is 29.5 Å². The molecule has 0 radical (unpaired) electrons. The van der Waals surface area contributed by atoms with Crippen LogP contribution in [0.2, 0.25) is 0 Å². The highest BCUT2D eigenvalue weighted by Crippen LogP contribution is 2.07. The minimum atomic E-state index is 0.314. The van der Waals surface area contributed by atoms with Crippen LogP contribution in [0.15, 0.2) is 5.38 Å². The number of hydrogen-bond acceptors (Lipinski definition) is 4. The highest BCUT2D eigenvalue weighted by atomic mass is 32.1. The van der Waals surface area contributed by atoms with Crippen molar-refractivity contribution in [2.45, 2.75) is 39.7 Å². The molecule has 1 atom stereocenters. The molecule has 16 heavy (non-hydrogen) atoms. The van der Waals surface area contributed by atoms with E-state index in [0.717, 1.165) is 30.9 Å². The smallest absolute Gasteiger partial charge is 0.0897 e. The van der Waals surface area contributed by atoms with Crippen molar-refractivity contribution in [3.8, 4) is 0 Å². The summed E-state index contributed by atoms with van der Waals surface area (Å²) in [5, 5.41) is 6.70. The first-order valence-electron chi connectivity index (χ1n) is 5.97. The Balaban J connectivity index is 2.04. The Bertz CT molecular complexity index is 296. The molecule has 1 rings (SSSR count). The second kappa shape index (κ2) is 6.99. The van der Waals surface area contributed by atoms with E-state index in [4.69, 9.17) is 5.73 Å². The molecule has 0 aliphatic heterocycles. The Morgan fingerprint density at radius 3 is 2.75 bits per heavy atom.